The van der Waals surface area contributed by atoms with Gasteiger partial charge >= 0.3 is 0 Å². The molecule has 0 radical (unpaired) electrons. The van der Waals surface area contributed by atoms with Crippen LogP contribution in [-0.4, -0.2) is 37.2 Å². The lowest BCUT2D eigenvalue weighted by atomic mass is 9.88. The van der Waals surface area contributed by atoms with Crippen molar-refractivity contribution < 1.29 is 4.74 Å². The van der Waals surface area contributed by atoms with Gasteiger partial charge in [-0.05, 0) is 25.2 Å². The molecule has 0 bridgehead atoms. The Morgan fingerprint density at radius 2 is 1.88 bits per heavy atom. The van der Waals surface area contributed by atoms with E-state index in [9.17, 15) is 0 Å². The molecule has 0 aromatic rings. The van der Waals surface area contributed by atoms with E-state index in [-0.39, 0.29) is 0 Å². The van der Waals surface area contributed by atoms with Gasteiger partial charge in [0.25, 0.3) is 0 Å². The predicted octanol–water partition coefficient (Wildman–Crippen LogP) is 3.23. The molecule has 2 fully saturated rings. The first kappa shape index (κ1) is 13.1. The topological polar surface area (TPSA) is 12.5 Å². The van der Waals surface area contributed by atoms with E-state index in [4.69, 9.17) is 4.74 Å². The van der Waals surface area contributed by atoms with E-state index in [2.05, 4.69) is 24.0 Å². The molecule has 0 spiro atoms. The van der Waals surface area contributed by atoms with Crippen LogP contribution in [0.5, 0.6) is 0 Å². The zero-order valence-electron chi connectivity index (χ0n) is 11.2. The fraction of sp³-hybridized carbons (Fsp3) is 0.867. The minimum absolute atomic E-state index is 0.640. The molecule has 0 aromatic carbocycles. The summed E-state index contributed by atoms with van der Waals surface area (Å²) < 4.78 is 5.42. The number of ether oxygens (including phenoxy) is 1. The third-order valence-electron chi connectivity index (χ3n) is 4.19. The van der Waals surface area contributed by atoms with Crippen LogP contribution < -0.4 is 0 Å². The van der Waals surface area contributed by atoms with Gasteiger partial charge in [0, 0.05) is 19.1 Å². The largest absolute Gasteiger partial charge is 0.379 e. The standard InChI is InChI=1S/C15H27NO/c1-2-15(16-10-12-17-13-11-16)9-8-14-6-4-3-5-7-14/h8-9,14-15H,2-7,10-13H2,1H3. The van der Waals surface area contributed by atoms with Gasteiger partial charge in [-0.15, -0.1) is 0 Å². The van der Waals surface area contributed by atoms with Crippen molar-refractivity contribution in [2.45, 2.75) is 51.5 Å². The Labute approximate surface area is 106 Å². The molecule has 0 N–H and O–H groups in total. The van der Waals surface area contributed by atoms with Gasteiger partial charge < -0.3 is 4.74 Å². The average Bonchev–Trinajstić information content (AvgIpc) is 2.42. The fourth-order valence-corrected chi connectivity index (χ4v) is 3.04. The highest BCUT2D eigenvalue weighted by molar-refractivity contribution is 4.98. The summed E-state index contributed by atoms with van der Waals surface area (Å²) in [5.74, 6) is 0.860. The molecule has 98 valence electrons. The Morgan fingerprint density at radius 1 is 1.18 bits per heavy atom. The van der Waals surface area contributed by atoms with Crippen LogP contribution in [-0.2, 0) is 4.74 Å². The van der Waals surface area contributed by atoms with E-state index in [0.29, 0.717) is 6.04 Å². The highest BCUT2D eigenvalue weighted by atomic mass is 16.5. The monoisotopic (exact) mass is 237 g/mol. The molecule has 1 atom stereocenters. The smallest absolute Gasteiger partial charge is 0.0594 e. The van der Waals surface area contributed by atoms with Crippen LogP contribution in [0, 0.1) is 5.92 Å². The maximum Gasteiger partial charge on any atom is 0.0594 e. The molecule has 1 heterocycles. The summed E-state index contributed by atoms with van der Waals surface area (Å²) in [5, 5.41) is 0. The van der Waals surface area contributed by atoms with Crippen molar-refractivity contribution in [3.8, 4) is 0 Å². The number of allylic oxidation sites excluding steroid dienone is 1. The first-order valence-electron chi connectivity index (χ1n) is 7.40. The van der Waals surface area contributed by atoms with Gasteiger partial charge in [0.15, 0.2) is 0 Å². The van der Waals surface area contributed by atoms with Crippen molar-refractivity contribution in [3.05, 3.63) is 12.2 Å². The van der Waals surface area contributed by atoms with Gasteiger partial charge in [-0.25, -0.2) is 0 Å². The molecule has 0 amide bonds. The highest BCUT2D eigenvalue weighted by Gasteiger charge is 2.17. The zero-order chi connectivity index (χ0) is 11.9. The molecule has 17 heavy (non-hydrogen) atoms. The lowest BCUT2D eigenvalue weighted by Crippen LogP contribution is -2.42. The molecule has 2 nitrogen and oxygen atoms in total. The second-order valence-electron chi connectivity index (χ2n) is 5.41. The van der Waals surface area contributed by atoms with Crippen molar-refractivity contribution in [2.24, 2.45) is 5.92 Å². The third-order valence-corrected chi connectivity index (χ3v) is 4.19. The molecule has 2 aliphatic rings. The molecule has 1 aliphatic carbocycles. The van der Waals surface area contributed by atoms with Gasteiger partial charge in [0.2, 0.25) is 0 Å². The lowest BCUT2D eigenvalue weighted by molar-refractivity contribution is 0.0249. The van der Waals surface area contributed by atoms with E-state index in [1.54, 1.807) is 0 Å². The molecule has 1 aliphatic heterocycles. The van der Waals surface area contributed by atoms with Crippen LogP contribution in [0.2, 0.25) is 0 Å². The Kier molecular flexibility index (Phi) is 5.53. The lowest BCUT2D eigenvalue weighted by Gasteiger charge is -2.32. The summed E-state index contributed by atoms with van der Waals surface area (Å²) in [6, 6.07) is 0.640. The molecule has 2 rings (SSSR count). The molecule has 1 unspecified atom stereocenters. The maximum absolute atomic E-state index is 5.42. The van der Waals surface area contributed by atoms with E-state index in [1.165, 1.54) is 38.5 Å². The SMILES string of the molecule is CCC(C=CC1CCCCC1)N1CCOCC1. The van der Waals surface area contributed by atoms with Crippen LogP contribution in [0.3, 0.4) is 0 Å². The van der Waals surface area contributed by atoms with Crippen LogP contribution in [0.25, 0.3) is 0 Å². The van der Waals surface area contributed by atoms with Gasteiger partial charge in [0.05, 0.1) is 13.2 Å². The van der Waals surface area contributed by atoms with Crippen LogP contribution in [0.1, 0.15) is 45.4 Å². The van der Waals surface area contributed by atoms with Gasteiger partial charge in [-0.2, -0.15) is 0 Å². The van der Waals surface area contributed by atoms with E-state index in [0.717, 1.165) is 32.2 Å². The van der Waals surface area contributed by atoms with Crippen molar-refractivity contribution in [3.63, 3.8) is 0 Å². The highest BCUT2D eigenvalue weighted by Crippen LogP contribution is 2.25. The van der Waals surface area contributed by atoms with Gasteiger partial charge in [0.1, 0.15) is 0 Å². The van der Waals surface area contributed by atoms with Gasteiger partial charge in [-0.1, -0.05) is 38.3 Å². The van der Waals surface area contributed by atoms with Gasteiger partial charge in [-0.3, -0.25) is 4.90 Å². The van der Waals surface area contributed by atoms with Crippen molar-refractivity contribution in [1.29, 1.82) is 0 Å². The molecule has 2 heteroatoms. The van der Waals surface area contributed by atoms with Crippen LogP contribution in [0.15, 0.2) is 12.2 Å². The fourth-order valence-electron chi connectivity index (χ4n) is 3.04. The Balaban J connectivity index is 1.82. The molecule has 1 saturated carbocycles. The van der Waals surface area contributed by atoms with E-state index >= 15 is 0 Å². The van der Waals surface area contributed by atoms with Crippen molar-refractivity contribution in [2.75, 3.05) is 26.3 Å². The molecule has 1 saturated heterocycles. The molecular formula is C15H27NO. The van der Waals surface area contributed by atoms with E-state index < -0.39 is 0 Å². The quantitative estimate of drug-likeness (QED) is 0.696. The molecule has 0 aromatic heterocycles. The average molecular weight is 237 g/mol. The van der Waals surface area contributed by atoms with Crippen molar-refractivity contribution >= 4 is 0 Å². The first-order valence-corrected chi connectivity index (χ1v) is 7.40. The number of nitrogens with zero attached hydrogens (tertiary/aromatic N) is 1. The summed E-state index contributed by atoms with van der Waals surface area (Å²) >= 11 is 0. The summed E-state index contributed by atoms with van der Waals surface area (Å²) in [6.07, 6.45) is 13.3. The Hall–Kier alpha value is -0.340. The Morgan fingerprint density at radius 3 is 2.53 bits per heavy atom. The number of hydrogen-bond acceptors (Lipinski definition) is 2. The second-order valence-corrected chi connectivity index (χ2v) is 5.41. The predicted molar refractivity (Wildman–Crippen MR) is 72.2 cm³/mol. The summed E-state index contributed by atoms with van der Waals surface area (Å²) in [7, 11) is 0. The second kappa shape index (κ2) is 7.17. The molecular weight excluding hydrogens is 210 g/mol. The Bertz CT molecular complexity index is 227. The van der Waals surface area contributed by atoms with Crippen molar-refractivity contribution in [1.82, 2.24) is 4.90 Å². The summed E-state index contributed by atoms with van der Waals surface area (Å²) in [4.78, 5) is 2.57. The summed E-state index contributed by atoms with van der Waals surface area (Å²) in [6.45, 7) is 6.33. The summed E-state index contributed by atoms with van der Waals surface area (Å²) in [5.41, 5.74) is 0. The zero-order valence-corrected chi connectivity index (χ0v) is 11.2. The number of hydrogen-bond donors (Lipinski definition) is 0. The first-order chi connectivity index (χ1) is 8.40. The number of rotatable bonds is 4. The minimum Gasteiger partial charge on any atom is -0.379 e. The normalized spacial score (nSPS) is 26.4. The van der Waals surface area contributed by atoms with E-state index in [1.807, 2.05) is 0 Å². The minimum atomic E-state index is 0.640. The maximum atomic E-state index is 5.42. The third kappa shape index (κ3) is 4.11. The van der Waals surface area contributed by atoms with Crippen LogP contribution >= 0.6 is 0 Å². The number of morpholine rings is 1. The van der Waals surface area contributed by atoms with Crippen LogP contribution in [0.4, 0.5) is 0 Å².